The molecule has 3 N–H and O–H groups in total. The first-order chi connectivity index (χ1) is 9.03. The molecular weight excluding hydrogens is 284 g/mol. The van der Waals surface area contributed by atoms with Crippen LogP contribution in [0.1, 0.15) is 0 Å². The summed E-state index contributed by atoms with van der Waals surface area (Å²) in [7, 11) is -2.19. The number of sulfonamides is 1. The lowest BCUT2D eigenvalue weighted by molar-refractivity contribution is 0.588. The van der Waals surface area contributed by atoms with E-state index < -0.39 is 10.0 Å². The molecule has 2 aromatic rings. The number of nitrogens with one attached hydrogen (secondary N) is 1. The fourth-order valence-corrected chi connectivity index (χ4v) is 3.03. The molecule has 0 bridgehead atoms. The fourth-order valence-electron chi connectivity index (χ4n) is 1.40. The second kappa shape index (κ2) is 5.55. The maximum Gasteiger partial charge on any atom is 0.242 e. The van der Waals surface area contributed by atoms with E-state index in [9.17, 15) is 8.42 Å². The molecule has 1 aromatic heterocycles. The largest absolute Gasteiger partial charge is 0.398 e. The van der Waals surface area contributed by atoms with Crippen LogP contribution in [0.15, 0.2) is 51.6 Å². The lowest BCUT2D eigenvalue weighted by Crippen LogP contribution is -2.19. The molecule has 0 spiro atoms. The Hall–Kier alpha value is -1.64. The Labute approximate surface area is 115 Å². The third-order valence-corrected chi connectivity index (χ3v) is 4.70. The number of hydrogen-bond donors (Lipinski definition) is 2. The van der Waals surface area contributed by atoms with Crippen LogP contribution in [0.4, 0.5) is 5.69 Å². The Morgan fingerprint density at radius 2 is 2.11 bits per heavy atom. The molecule has 0 aliphatic rings. The number of nitrogen functional groups attached to an aromatic ring is 1. The minimum absolute atomic E-state index is 0.0681. The summed E-state index contributed by atoms with van der Waals surface area (Å²) in [4.78, 5) is 8.94. The van der Waals surface area contributed by atoms with Crippen molar-refractivity contribution in [1.29, 1.82) is 0 Å². The lowest BCUT2D eigenvalue weighted by atomic mass is 10.3. The van der Waals surface area contributed by atoms with Crippen molar-refractivity contribution in [3.63, 3.8) is 0 Å². The predicted octanol–water partition coefficient (Wildman–Crippen LogP) is 1.12. The van der Waals surface area contributed by atoms with E-state index in [1.807, 2.05) is 0 Å². The molecule has 8 heteroatoms. The Kier molecular flexibility index (Phi) is 4.03. The number of nitrogens with two attached hydrogens (primary N) is 1. The topological polar surface area (TPSA) is 98.0 Å². The number of nitrogens with zero attached hydrogens (tertiary/aromatic N) is 2. The lowest BCUT2D eigenvalue weighted by Gasteiger charge is -2.08. The molecule has 6 nitrogen and oxygen atoms in total. The molecule has 0 saturated carbocycles. The SMILES string of the molecule is CNS(=O)(=O)c1ccc(Sc2cnccn2)cc1N. The zero-order valence-electron chi connectivity index (χ0n) is 10.1. The van der Waals surface area contributed by atoms with Gasteiger partial charge in [0.25, 0.3) is 0 Å². The molecule has 0 saturated heterocycles. The van der Waals surface area contributed by atoms with Crippen LogP contribution in [0.5, 0.6) is 0 Å². The molecule has 0 atom stereocenters. The Morgan fingerprint density at radius 1 is 1.32 bits per heavy atom. The maximum atomic E-state index is 11.7. The van der Waals surface area contributed by atoms with Gasteiger partial charge in [0.2, 0.25) is 10.0 Å². The van der Waals surface area contributed by atoms with Crippen molar-refractivity contribution in [3.8, 4) is 0 Å². The second-order valence-corrected chi connectivity index (χ2v) is 6.50. The van der Waals surface area contributed by atoms with Crippen molar-refractivity contribution in [2.24, 2.45) is 0 Å². The summed E-state index contributed by atoms with van der Waals surface area (Å²) in [6, 6.07) is 4.75. The van der Waals surface area contributed by atoms with Crippen LogP contribution < -0.4 is 10.5 Å². The van der Waals surface area contributed by atoms with Gasteiger partial charge in [0.1, 0.15) is 9.92 Å². The van der Waals surface area contributed by atoms with Gasteiger partial charge in [-0.2, -0.15) is 0 Å². The van der Waals surface area contributed by atoms with E-state index in [-0.39, 0.29) is 10.6 Å². The molecule has 0 fully saturated rings. The monoisotopic (exact) mass is 296 g/mol. The standard InChI is InChI=1S/C11H12N4O2S2/c1-13-19(16,17)10-3-2-8(6-9(10)12)18-11-7-14-4-5-15-11/h2-7,13H,12H2,1H3. The van der Waals surface area contributed by atoms with Crippen LogP contribution in [0, 0.1) is 0 Å². The van der Waals surface area contributed by atoms with Crippen LogP contribution in [0.3, 0.4) is 0 Å². The van der Waals surface area contributed by atoms with Gasteiger partial charge in [-0.05, 0) is 25.2 Å². The molecule has 0 amide bonds. The Morgan fingerprint density at radius 3 is 2.68 bits per heavy atom. The molecule has 1 heterocycles. The summed E-state index contributed by atoms with van der Waals surface area (Å²) in [6.07, 6.45) is 4.80. The van der Waals surface area contributed by atoms with Crippen LogP contribution >= 0.6 is 11.8 Å². The first-order valence-electron chi connectivity index (χ1n) is 5.30. The third kappa shape index (κ3) is 3.22. The van der Waals surface area contributed by atoms with Crippen LogP contribution in [0.2, 0.25) is 0 Å². The van der Waals surface area contributed by atoms with Gasteiger partial charge >= 0.3 is 0 Å². The van der Waals surface area contributed by atoms with Gasteiger partial charge in [-0.15, -0.1) is 0 Å². The first kappa shape index (κ1) is 13.8. The molecule has 1 aromatic carbocycles. The van der Waals surface area contributed by atoms with E-state index >= 15 is 0 Å². The third-order valence-electron chi connectivity index (χ3n) is 2.30. The normalized spacial score (nSPS) is 11.4. The van der Waals surface area contributed by atoms with Crippen molar-refractivity contribution < 1.29 is 8.42 Å². The highest BCUT2D eigenvalue weighted by Gasteiger charge is 2.15. The van der Waals surface area contributed by atoms with Gasteiger partial charge in [0.05, 0.1) is 11.9 Å². The molecule has 0 aliphatic carbocycles. The molecule has 100 valence electrons. The average molecular weight is 296 g/mol. The summed E-state index contributed by atoms with van der Waals surface area (Å²) in [5.41, 5.74) is 5.97. The molecule has 0 unspecified atom stereocenters. The molecular formula is C11H12N4O2S2. The van der Waals surface area contributed by atoms with Crippen LogP contribution in [-0.4, -0.2) is 25.4 Å². The average Bonchev–Trinajstić information content (AvgIpc) is 2.39. The van der Waals surface area contributed by atoms with Crippen molar-refractivity contribution in [3.05, 3.63) is 36.8 Å². The summed E-state index contributed by atoms with van der Waals surface area (Å²) in [5.74, 6) is 0. The predicted molar refractivity (Wildman–Crippen MR) is 73.3 cm³/mol. The number of anilines is 1. The number of aromatic nitrogens is 2. The minimum Gasteiger partial charge on any atom is -0.398 e. The highest BCUT2D eigenvalue weighted by atomic mass is 32.2. The number of hydrogen-bond acceptors (Lipinski definition) is 6. The summed E-state index contributed by atoms with van der Waals surface area (Å²) in [5, 5.41) is 0.714. The van der Waals surface area contributed by atoms with E-state index in [1.165, 1.54) is 24.9 Å². The molecule has 19 heavy (non-hydrogen) atoms. The molecule has 0 radical (unpaired) electrons. The highest BCUT2D eigenvalue weighted by Crippen LogP contribution is 2.29. The second-order valence-electron chi connectivity index (χ2n) is 3.55. The summed E-state index contributed by atoms with van der Waals surface area (Å²) in [6.45, 7) is 0. The van der Waals surface area contributed by atoms with Gasteiger partial charge < -0.3 is 5.73 Å². The first-order valence-corrected chi connectivity index (χ1v) is 7.60. The zero-order chi connectivity index (χ0) is 13.9. The fraction of sp³-hybridized carbons (Fsp3) is 0.0909. The quantitative estimate of drug-likeness (QED) is 0.820. The smallest absolute Gasteiger partial charge is 0.242 e. The van der Waals surface area contributed by atoms with Crippen LogP contribution in [-0.2, 0) is 10.0 Å². The van der Waals surface area contributed by atoms with Crippen molar-refractivity contribution in [2.45, 2.75) is 14.8 Å². The van der Waals surface area contributed by atoms with Gasteiger partial charge in [0, 0.05) is 17.3 Å². The zero-order valence-corrected chi connectivity index (χ0v) is 11.7. The summed E-state index contributed by atoms with van der Waals surface area (Å²) < 4.78 is 25.6. The van der Waals surface area contributed by atoms with E-state index in [4.69, 9.17) is 5.73 Å². The van der Waals surface area contributed by atoms with Crippen molar-refractivity contribution >= 4 is 27.5 Å². The van der Waals surface area contributed by atoms with Gasteiger partial charge in [0.15, 0.2) is 0 Å². The van der Waals surface area contributed by atoms with Gasteiger partial charge in [-0.1, -0.05) is 11.8 Å². The van der Waals surface area contributed by atoms with E-state index in [1.54, 1.807) is 30.7 Å². The maximum absolute atomic E-state index is 11.7. The van der Waals surface area contributed by atoms with Crippen molar-refractivity contribution in [1.82, 2.24) is 14.7 Å². The minimum atomic E-state index is -3.53. The number of rotatable bonds is 4. The molecule has 0 aliphatic heterocycles. The Bertz CT molecular complexity index is 674. The van der Waals surface area contributed by atoms with Gasteiger partial charge in [-0.3, -0.25) is 4.98 Å². The number of benzene rings is 1. The van der Waals surface area contributed by atoms with E-state index in [2.05, 4.69) is 14.7 Å². The van der Waals surface area contributed by atoms with Crippen molar-refractivity contribution in [2.75, 3.05) is 12.8 Å². The summed E-state index contributed by atoms with van der Waals surface area (Å²) >= 11 is 1.36. The highest BCUT2D eigenvalue weighted by molar-refractivity contribution is 7.99. The van der Waals surface area contributed by atoms with E-state index in [0.29, 0.717) is 5.03 Å². The van der Waals surface area contributed by atoms with Crippen LogP contribution in [0.25, 0.3) is 0 Å². The Balaban J connectivity index is 2.30. The van der Waals surface area contributed by atoms with Gasteiger partial charge in [-0.25, -0.2) is 18.1 Å². The molecule has 2 rings (SSSR count). The van der Waals surface area contributed by atoms with E-state index in [0.717, 1.165) is 4.90 Å².